The van der Waals surface area contributed by atoms with E-state index in [2.05, 4.69) is 32.4 Å². The average Bonchev–Trinajstić information content (AvgIpc) is 2.74. The Labute approximate surface area is 85.6 Å². The minimum absolute atomic E-state index is 0.631. The van der Waals surface area contributed by atoms with Crippen LogP contribution in [-0.4, -0.2) is 20.2 Å². The van der Waals surface area contributed by atoms with Crippen LogP contribution in [-0.2, 0) is 6.54 Å². The van der Waals surface area contributed by atoms with Gasteiger partial charge in [-0.3, -0.25) is 5.10 Å². The van der Waals surface area contributed by atoms with Gasteiger partial charge in [-0.2, -0.15) is 5.10 Å². The SMILES string of the molecule is Cc1nc(NCc2ncn[nH]2)sc1C. The van der Waals surface area contributed by atoms with Crippen LogP contribution >= 0.6 is 11.3 Å². The lowest BCUT2D eigenvalue weighted by atomic mass is 10.4. The Morgan fingerprint density at radius 2 is 2.36 bits per heavy atom. The van der Waals surface area contributed by atoms with Gasteiger partial charge in [-0.1, -0.05) is 0 Å². The Morgan fingerprint density at radius 3 is 2.93 bits per heavy atom. The molecule has 0 spiro atoms. The van der Waals surface area contributed by atoms with Gasteiger partial charge in [-0.15, -0.1) is 11.3 Å². The van der Waals surface area contributed by atoms with E-state index in [0.29, 0.717) is 6.54 Å². The minimum Gasteiger partial charge on any atom is -0.354 e. The molecule has 0 saturated carbocycles. The number of aryl methyl sites for hydroxylation is 2. The molecule has 0 saturated heterocycles. The summed E-state index contributed by atoms with van der Waals surface area (Å²) in [6, 6.07) is 0. The lowest BCUT2D eigenvalue weighted by Gasteiger charge is -1.97. The molecular formula is C8H11N5S. The van der Waals surface area contributed by atoms with Gasteiger partial charge in [-0.05, 0) is 13.8 Å². The van der Waals surface area contributed by atoms with Gasteiger partial charge in [0.25, 0.3) is 0 Å². The summed E-state index contributed by atoms with van der Waals surface area (Å²) in [5.41, 5.74) is 1.08. The number of thiazole rings is 1. The van der Waals surface area contributed by atoms with Crippen molar-refractivity contribution in [1.29, 1.82) is 0 Å². The topological polar surface area (TPSA) is 66.5 Å². The van der Waals surface area contributed by atoms with Crippen LogP contribution in [0.25, 0.3) is 0 Å². The summed E-state index contributed by atoms with van der Waals surface area (Å²) in [5.74, 6) is 0.815. The maximum Gasteiger partial charge on any atom is 0.183 e. The number of hydrogen-bond donors (Lipinski definition) is 2. The molecule has 0 amide bonds. The summed E-state index contributed by atoms with van der Waals surface area (Å²) in [7, 11) is 0. The molecular weight excluding hydrogens is 198 g/mol. The predicted octanol–water partition coefficient (Wildman–Crippen LogP) is 1.49. The molecule has 6 heteroatoms. The van der Waals surface area contributed by atoms with E-state index in [1.54, 1.807) is 11.3 Å². The summed E-state index contributed by atoms with van der Waals surface area (Å²) in [5, 5.41) is 10.7. The minimum atomic E-state index is 0.631. The van der Waals surface area contributed by atoms with E-state index in [9.17, 15) is 0 Å². The molecule has 5 nitrogen and oxygen atoms in total. The highest BCUT2D eigenvalue weighted by Crippen LogP contribution is 2.21. The number of anilines is 1. The van der Waals surface area contributed by atoms with E-state index < -0.39 is 0 Å². The lowest BCUT2D eigenvalue weighted by molar-refractivity contribution is 0.951. The summed E-state index contributed by atoms with van der Waals surface area (Å²) in [4.78, 5) is 9.60. The largest absolute Gasteiger partial charge is 0.354 e. The molecule has 2 N–H and O–H groups in total. The van der Waals surface area contributed by atoms with E-state index in [0.717, 1.165) is 16.6 Å². The molecule has 0 atom stereocenters. The van der Waals surface area contributed by atoms with Crippen LogP contribution in [0, 0.1) is 13.8 Å². The van der Waals surface area contributed by atoms with Gasteiger partial charge in [0.15, 0.2) is 5.13 Å². The molecule has 2 aromatic rings. The van der Waals surface area contributed by atoms with Gasteiger partial charge in [0.1, 0.15) is 12.2 Å². The molecule has 2 heterocycles. The maximum atomic E-state index is 4.35. The molecule has 0 unspecified atom stereocenters. The van der Waals surface area contributed by atoms with Crippen LogP contribution in [0.15, 0.2) is 6.33 Å². The molecule has 0 aliphatic rings. The van der Waals surface area contributed by atoms with E-state index in [-0.39, 0.29) is 0 Å². The van der Waals surface area contributed by atoms with Crippen molar-refractivity contribution in [3.8, 4) is 0 Å². The van der Waals surface area contributed by atoms with Crippen molar-refractivity contribution in [3.05, 3.63) is 22.7 Å². The molecule has 74 valence electrons. The first kappa shape index (κ1) is 9.14. The molecule has 2 aromatic heterocycles. The summed E-state index contributed by atoms with van der Waals surface area (Å²) in [6.07, 6.45) is 1.50. The quantitative estimate of drug-likeness (QED) is 0.803. The first-order valence-corrected chi connectivity index (χ1v) is 5.09. The van der Waals surface area contributed by atoms with Gasteiger partial charge in [0.2, 0.25) is 0 Å². The highest BCUT2D eigenvalue weighted by Gasteiger charge is 2.03. The van der Waals surface area contributed by atoms with Gasteiger partial charge in [-0.25, -0.2) is 9.97 Å². The van der Waals surface area contributed by atoms with Crippen LogP contribution in [0.2, 0.25) is 0 Å². The second kappa shape index (κ2) is 3.75. The second-order valence-corrected chi connectivity index (χ2v) is 4.15. The van der Waals surface area contributed by atoms with Crippen molar-refractivity contribution < 1.29 is 0 Å². The van der Waals surface area contributed by atoms with Gasteiger partial charge < -0.3 is 5.32 Å². The second-order valence-electron chi connectivity index (χ2n) is 2.95. The van der Waals surface area contributed by atoms with E-state index >= 15 is 0 Å². The third-order valence-corrected chi connectivity index (χ3v) is 2.93. The van der Waals surface area contributed by atoms with Crippen molar-refractivity contribution in [2.75, 3.05) is 5.32 Å². The van der Waals surface area contributed by atoms with Crippen LogP contribution in [0.4, 0.5) is 5.13 Å². The van der Waals surface area contributed by atoms with Crippen molar-refractivity contribution in [3.63, 3.8) is 0 Å². The standard InChI is InChI=1S/C8H11N5S/c1-5-6(2)14-8(12-5)9-3-7-10-4-11-13-7/h4H,3H2,1-2H3,(H,9,12)(H,10,11,13). The van der Waals surface area contributed by atoms with Crippen LogP contribution in [0.3, 0.4) is 0 Å². The Hall–Kier alpha value is -1.43. The lowest BCUT2D eigenvalue weighted by Crippen LogP contribution is -2.00. The number of nitrogens with zero attached hydrogens (tertiary/aromatic N) is 3. The van der Waals surface area contributed by atoms with Gasteiger partial charge in [0.05, 0.1) is 12.2 Å². The first-order chi connectivity index (χ1) is 6.75. The number of nitrogens with one attached hydrogen (secondary N) is 2. The maximum absolute atomic E-state index is 4.35. The smallest absolute Gasteiger partial charge is 0.183 e. The van der Waals surface area contributed by atoms with Crippen LogP contribution in [0.1, 0.15) is 16.4 Å². The number of hydrogen-bond acceptors (Lipinski definition) is 5. The Balaban J connectivity index is 1.98. The monoisotopic (exact) mass is 209 g/mol. The molecule has 0 radical (unpaired) electrons. The molecule has 2 rings (SSSR count). The Bertz CT molecular complexity index is 386. The third kappa shape index (κ3) is 1.90. The average molecular weight is 209 g/mol. The number of H-pyrrole nitrogens is 1. The van der Waals surface area contributed by atoms with E-state index in [1.807, 2.05) is 6.92 Å². The van der Waals surface area contributed by atoms with Crippen molar-refractivity contribution in [1.82, 2.24) is 20.2 Å². The van der Waals surface area contributed by atoms with Crippen molar-refractivity contribution in [2.24, 2.45) is 0 Å². The molecule has 14 heavy (non-hydrogen) atoms. The Morgan fingerprint density at radius 1 is 1.50 bits per heavy atom. The highest BCUT2D eigenvalue weighted by atomic mass is 32.1. The van der Waals surface area contributed by atoms with Gasteiger partial charge in [0, 0.05) is 4.88 Å². The Kier molecular flexibility index (Phi) is 2.45. The molecule has 0 fully saturated rings. The van der Waals surface area contributed by atoms with Crippen LogP contribution < -0.4 is 5.32 Å². The third-order valence-electron chi connectivity index (χ3n) is 1.90. The molecule has 0 bridgehead atoms. The van der Waals surface area contributed by atoms with E-state index in [1.165, 1.54) is 11.2 Å². The summed E-state index contributed by atoms with van der Waals surface area (Å²) in [6.45, 7) is 4.70. The fourth-order valence-electron chi connectivity index (χ4n) is 1.02. The normalized spacial score (nSPS) is 10.4. The fourth-order valence-corrected chi connectivity index (χ4v) is 1.83. The number of rotatable bonds is 3. The number of aromatic nitrogens is 4. The molecule has 0 aliphatic carbocycles. The zero-order valence-electron chi connectivity index (χ0n) is 8.03. The van der Waals surface area contributed by atoms with Crippen molar-refractivity contribution in [2.45, 2.75) is 20.4 Å². The summed E-state index contributed by atoms with van der Waals surface area (Å²) < 4.78 is 0. The molecule has 0 aromatic carbocycles. The van der Waals surface area contributed by atoms with Crippen molar-refractivity contribution >= 4 is 16.5 Å². The summed E-state index contributed by atoms with van der Waals surface area (Å²) >= 11 is 1.65. The van der Waals surface area contributed by atoms with Gasteiger partial charge >= 0.3 is 0 Å². The molecule has 0 aliphatic heterocycles. The number of aromatic amines is 1. The first-order valence-electron chi connectivity index (χ1n) is 4.28. The zero-order chi connectivity index (χ0) is 9.97. The fraction of sp³-hybridized carbons (Fsp3) is 0.375. The van der Waals surface area contributed by atoms with Crippen LogP contribution in [0.5, 0.6) is 0 Å². The predicted molar refractivity (Wildman–Crippen MR) is 55.3 cm³/mol. The highest BCUT2D eigenvalue weighted by molar-refractivity contribution is 7.15. The zero-order valence-corrected chi connectivity index (χ0v) is 8.85. The van der Waals surface area contributed by atoms with E-state index in [4.69, 9.17) is 0 Å².